The van der Waals surface area contributed by atoms with Gasteiger partial charge in [0.25, 0.3) is 5.69 Å². The number of halogens is 1. The first-order chi connectivity index (χ1) is 11.2. The fourth-order valence-electron chi connectivity index (χ4n) is 3.87. The Kier molecular flexibility index (Phi) is 6.82. The van der Waals surface area contributed by atoms with Crippen molar-refractivity contribution in [3.63, 3.8) is 0 Å². The molecule has 7 heteroatoms. The predicted octanol–water partition coefficient (Wildman–Crippen LogP) is 3.41. The van der Waals surface area contributed by atoms with Crippen molar-refractivity contribution in [2.75, 3.05) is 20.1 Å². The Morgan fingerprint density at radius 1 is 1.33 bits per heavy atom. The first kappa shape index (κ1) is 19.0. The van der Waals surface area contributed by atoms with E-state index >= 15 is 0 Å². The van der Waals surface area contributed by atoms with Crippen LogP contribution in [0, 0.1) is 22.0 Å². The van der Waals surface area contributed by atoms with E-state index < -0.39 is 0 Å². The summed E-state index contributed by atoms with van der Waals surface area (Å²) in [6.45, 7) is 2.72. The zero-order chi connectivity index (χ0) is 16.2. The zero-order valence-corrected chi connectivity index (χ0v) is 16.3. The van der Waals surface area contributed by atoms with Crippen LogP contribution in [0.15, 0.2) is 29.3 Å². The Morgan fingerprint density at radius 3 is 2.58 bits per heavy atom. The first-order valence-corrected chi connectivity index (χ1v) is 8.36. The Balaban J connectivity index is 0.00000208. The van der Waals surface area contributed by atoms with Crippen LogP contribution in [0.25, 0.3) is 0 Å². The second-order valence-corrected chi connectivity index (χ2v) is 6.54. The van der Waals surface area contributed by atoms with E-state index in [0.29, 0.717) is 6.54 Å². The lowest BCUT2D eigenvalue weighted by Gasteiger charge is -2.22. The highest BCUT2D eigenvalue weighted by atomic mass is 127. The van der Waals surface area contributed by atoms with E-state index in [1.165, 1.54) is 31.7 Å². The van der Waals surface area contributed by atoms with E-state index in [1.807, 2.05) is 6.07 Å². The molecule has 2 aliphatic rings. The largest absolute Gasteiger partial charge is 0.352 e. The van der Waals surface area contributed by atoms with Crippen molar-refractivity contribution in [3.8, 4) is 0 Å². The summed E-state index contributed by atoms with van der Waals surface area (Å²) in [5.41, 5.74) is 1.03. The molecule has 2 atom stereocenters. The number of guanidine groups is 1. The highest BCUT2D eigenvalue weighted by Gasteiger charge is 2.35. The number of rotatable bonds is 3. The fraction of sp³-hybridized carbons (Fsp3) is 0.588. The molecule has 1 aromatic rings. The number of likely N-dealkylation sites (tertiary alicyclic amines) is 1. The lowest BCUT2D eigenvalue weighted by atomic mass is 9.82. The van der Waals surface area contributed by atoms with Crippen molar-refractivity contribution in [1.29, 1.82) is 0 Å². The van der Waals surface area contributed by atoms with Gasteiger partial charge in [0.15, 0.2) is 5.96 Å². The van der Waals surface area contributed by atoms with Gasteiger partial charge in [-0.1, -0.05) is 25.0 Å². The average molecular weight is 444 g/mol. The van der Waals surface area contributed by atoms with Gasteiger partial charge in [-0.15, -0.1) is 24.0 Å². The van der Waals surface area contributed by atoms with Gasteiger partial charge in [-0.25, -0.2) is 0 Å². The minimum atomic E-state index is -0.358. The van der Waals surface area contributed by atoms with E-state index in [0.717, 1.165) is 36.4 Å². The first-order valence-electron chi connectivity index (χ1n) is 8.36. The van der Waals surface area contributed by atoms with Gasteiger partial charge in [0.1, 0.15) is 0 Å². The molecule has 1 aliphatic carbocycles. The monoisotopic (exact) mass is 444 g/mol. The summed E-state index contributed by atoms with van der Waals surface area (Å²) in [7, 11) is 1.80. The molecule has 1 aromatic carbocycles. The number of fused-ring (bicyclic) bond motifs is 1. The van der Waals surface area contributed by atoms with Crippen molar-refractivity contribution in [2.24, 2.45) is 16.8 Å². The van der Waals surface area contributed by atoms with Crippen LogP contribution in [-0.2, 0) is 6.54 Å². The van der Waals surface area contributed by atoms with Crippen LogP contribution in [0.1, 0.15) is 31.2 Å². The van der Waals surface area contributed by atoms with E-state index in [4.69, 9.17) is 0 Å². The number of benzene rings is 1. The Hall–Kier alpha value is -1.38. The molecular weight excluding hydrogens is 419 g/mol. The van der Waals surface area contributed by atoms with Crippen LogP contribution >= 0.6 is 24.0 Å². The maximum atomic E-state index is 10.9. The molecule has 0 bridgehead atoms. The number of hydrogen-bond acceptors (Lipinski definition) is 3. The minimum Gasteiger partial charge on any atom is -0.352 e. The molecule has 0 radical (unpaired) electrons. The lowest BCUT2D eigenvalue weighted by Crippen LogP contribution is -2.39. The highest BCUT2D eigenvalue weighted by Crippen LogP contribution is 2.35. The Labute approximate surface area is 159 Å². The predicted molar refractivity (Wildman–Crippen MR) is 106 cm³/mol. The molecule has 132 valence electrons. The van der Waals surface area contributed by atoms with Gasteiger partial charge < -0.3 is 10.2 Å². The van der Waals surface area contributed by atoms with Crippen molar-refractivity contribution in [3.05, 3.63) is 39.9 Å². The van der Waals surface area contributed by atoms with Gasteiger partial charge in [0.2, 0.25) is 0 Å². The third-order valence-corrected chi connectivity index (χ3v) is 5.06. The number of nitro benzene ring substituents is 1. The number of non-ortho nitro benzene ring substituents is 1. The number of nitrogens with zero attached hydrogens (tertiary/aromatic N) is 3. The SMILES string of the molecule is CN=C(NCc1cccc([N+](=O)[O-])c1)N1CC2CCCCC2C1.I. The van der Waals surface area contributed by atoms with Crippen LogP contribution in [0.3, 0.4) is 0 Å². The summed E-state index contributed by atoms with van der Waals surface area (Å²) in [4.78, 5) is 17.2. The molecule has 1 heterocycles. The number of aliphatic imine (C=N–C) groups is 1. The van der Waals surface area contributed by atoms with Gasteiger partial charge >= 0.3 is 0 Å². The van der Waals surface area contributed by atoms with E-state index in [1.54, 1.807) is 19.2 Å². The quantitative estimate of drug-likeness (QED) is 0.255. The number of nitrogens with one attached hydrogen (secondary N) is 1. The molecule has 2 unspecified atom stereocenters. The van der Waals surface area contributed by atoms with Crippen LogP contribution < -0.4 is 5.32 Å². The minimum absolute atomic E-state index is 0. The Morgan fingerprint density at radius 2 is 2.00 bits per heavy atom. The third kappa shape index (κ3) is 4.37. The van der Waals surface area contributed by atoms with E-state index in [9.17, 15) is 10.1 Å². The zero-order valence-electron chi connectivity index (χ0n) is 14.0. The molecule has 1 aliphatic heterocycles. The van der Waals surface area contributed by atoms with Crippen LogP contribution in [0.2, 0.25) is 0 Å². The topological polar surface area (TPSA) is 70.8 Å². The van der Waals surface area contributed by atoms with E-state index in [-0.39, 0.29) is 34.6 Å². The van der Waals surface area contributed by atoms with E-state index in [2.05, 4.69) is 15.2 Å². The molecular formula is C17H25IN4O2. The van der Waals surface area contributed by atoms with Gasteiger partial charge in [0, 0.05) is 38.8 Å². The molecule has 6 nitrogen and oxygen atoms in total. The van der Waals surface area contributed by atoms with Gasteiger partial charge in [-0.2, -0.15) is 0 Å². The lowest BCUT2D eigenvalue weighted by molar-refractivity contribution is -0.384. The molecule has 0 amide bonds. The molecule has 3 rings (SSSR count). The summed E-state index contributed by atoms with van der Waals surface area (Å²) >= 11 is 0. The second kappa shape index (κ2) is 8.64. The molecule has 1 saturated heterocycles. The van der Waals surface area contributed by atoms with Crippen LogP contribution in [-0.4, -0.2) is 35.9 Å². The summed E-state index contributed by atoms with van der Waals surface area (Å²) in [5, 5.41) is 14.2. The summed E-state index contributed by atoms with van der Waals surface area (Å²) in [6, 6.07) is 6.76. The standard InChI is InChI=1S/C17H24N4O2.HI/c1-18-17(20-11-14-6-2-3-7-15(14)12-20)19-10-13-5-4-8-16(9-13)21(22)23;/h4-5,8-9,14-15H,2-3,6-7,10-12H2,1H3,(H,18,19);1H. The smallest absolute Gasteiger partial charge is 0.269 e. The Bertz CT molecular complexity index is 594. The maximum absolute atomic E-state index is 10.9. The van der Waals surface area contributed by atoms with Gasteiger partial charge in [-0.3, -0.25) is 15.1 Å². The molecule has 24 heavy (non-hydrogen) atoms. The summed E-state index contributed by atoms with van der Waals surface area (Å²) < 4.78 is 0. The summed E-state index contributed by atoms with van der Waals surface area (Å²) in [5.74, 6) is 2.52. The highest BCUT2D eigenvalue weighted by molar-refractivity contribution is 14.0. The van der Waals surface area contributed by atoms with Crippen LogP contribution in [0.4, 0.5) is 5.69 Å². The molecule has 0 spiro atoms. The van der Waals surface area contributed by atoms with Crippen molar-refractivity contribution in [2.45, 2.75) is 32.2 Å². The van der Waals surface area contributed by atoms with Crippen LogP contribution in [0.5, 0.6) is 0 Å². The normalized spacial score (nSPS) is 23.4. The van der Waals surface area contributed by atoms with Gasteiger partial charge in [-0.05, 0) is 30.2 Å². The van der Waals surface area contributed by atoms with Gasteiger partial charge in [0.05, 0.1) is 4.92 Å². The molecule has 1 N–H and O–H groups in total. The second-order valence-electron chi connectivity index (χ2n) is 6.54. The number of hydrogen-bond donors (Lipinski definition) is 1. The number of nitro groups is 1. The fourth-order valence-corrected chi connectivity index (χ4v) is 3.87. The van der Waals surface area contributed by atoms with Crippen molar-refractivity contribution < 1.29 is 4.92 Å². The molecule has 2 fully saturated rings. The molecule has 1 saturated carbocycles. The van der Waals surface area contributed by atoms with Crippen molar-refractivity contribution >= 4 is 35.6 Å². The summed E-state index contributed by atoms with van der Waals surface area (Å²) in [6.07, 6.45) is 5.38. The van der Waals surface area contributed by atoms with Crippen molar-refractivity contribution in [1.82, 2.24) is 10.2 Å². The third-order valence-electron chi connectivity index (χ3n) is 5.06. The molecule has 0 aromatic heterocycles. The maximum Gasteiger partial charge on any atom is 0.269 e. The average Bonchev–Trinajstić information content (AvgIpc) is 2.99.